The molecule has 6 nitrogen and oxygen atoms in total. The predicted octanol–water partition coefficient (Wildman–Crippen LogP) is 5.50. The number of pyridine rings is 3. The number of ether oxygens (including phenoxy) is 1. The van der Waals surface area contributed by atoms with Crippen molar-refractivity contribution >= 4 is 48.1 Å². The van der Waals surface area contributed by atoms with Gasteiger partial charge in [-0.05, 0) is 79.4 Å². The van der Waals surface area contributed by atoms with E-state index in [4.69, 9.17) is 4.74 Å². The molecule has 0 aliphatic carbocycles. The maximum Gasteiger partial charge on any atom is 0.250 e. The first-order valence-corrected chi connectivity index (χ1v) is 11.4. The molecule has 0 aliphatic heterocycles. The Balaban J connectivity index is 0.00000216. The summed E-state index contributed by atoms with van der Waals surface area (Å²) >= 11 is 0. The lowest BCUT2D eigenvalue weighted by atomic mass is 10.1. The van der Waals surface area contributed by atoms with Crippen molar-refractivity contribution in [3.63, 3.8) is 0 Å². The molecule has 0 radical (unpaired) electrons. The van der Waals surface area contributed by atoms with Crippen molar-refractivity contribution < 1.29 is 4.74 Å². The molecule has 1 aromatic carbocycles. The van der Waals surface area contributed by atoms with Crippen LogP contribution in [0.2, 0.25) is 0 Å². The predicted molar refractivity (Wildman–Crippen MR) is 153 cm³/mol. The molecule has 0 unspecified atom stereocenters. The van der Waals surface area contributed by atoms with Gasteiger partial charge in [0, 0.05) is 56.4 Å². The molecule has 0 saturated heterocycles. The summed E-state index contributed by atoms with van der Waals surface area (Å²) < 4.78 is 7.68. The van der Waals surface area contributed by atoms with Crippen molar-refractivity contribution in [2.45, 2.75) is 25.8 Å². The lowest BCUT2D eigenvalue weighted by Crippen LogP contribution is -2.27. The third kappa shape index (κ3) is 9.10. The minimum Gasteiger partial charge on any atom is -0.494 e. The van der Waals surface area contributed by atoms with Crippen LogP contribution >= 0.6 is 37.2 Å². The van der Waals surface area contributed by atoms with Crippen LogP contribution in [0.4, 0.5) is 0 Å². The Labute approximate surface area is 231 Å². The van der Waals surface area contributed by atoms with Crippen LogP contribution < -0.4 is 10.3 Å². The maximum atomic E-state index is 11.8. The highest BCUT2D eigenvalue weighted by Crippen LogP contribution is 2.19. The molecule has 3 heterocycles. The monoisotopic (exact) mass is 550 g/mol. The Morgan fingerprint density at radius 3 is 2.39 bits per heavy atom. The Kier molecular flexibility index (Phi) is 14.1. The van der Waals surface area contributed by atoms with Crippen molar-refractivity contribution in [3.8, 4) is 5.75 Å². The van der Waals surface area contributed by atoms with Gasteiger partial charge in [0.2, 0.25) is 0 Å². The van der Waals surface area contributed by atoms with E-state index in [1.54, 1.807) is 17.7 Å². The van der Waals surface area contributed by atoms with Crippen molar-refractivity contribution in [2.75, 3.05) is 19.7 Å². The quantitative estimate of drug-likeness (QED) is 0.230. The second-order valence-electron chi connectivity index (χ2n) is 8.25. The van der Waals surface area contributed by atoms with Crippen LogP contribution in [-0.4, -0.2) is 39.1 Å². The fourth-order valence-corrected chi connectivity index (χ4v) is 4.00. The van der Waals surface area contributed by atoms with E-state index in [1.807, 2.05) is 55.1 Å². The fourth-order valence-electron chi connectivity index (χ4n) is 4.00. The summed E-state index contributed by atoms with van der Waals surface area (Å²) in [6, 6.07) is 17.6. The van der Waals surface area contributed by atoms with Gasteiger partial charge in [-0.1, -0.05) is 6.07 Å². The van der Waals surface area contributed by atoms with Crippen LogP contribution in [0, 0.1) is 0 Å². The SMILES string of the molecule is Cl.Cl.Cl.Cn1c(=O)ccc2cc(OCCCN(CCCc3cccnc3)Cc3ccncc3)ccc21. The van der Waals surface area contributed by atoms with Crippen LogP contribution in [0.3, 0.4) is 0 Å². The molecular formula is C27H33Cl3N4O2. The van der Waals surface area contributed by atoms with E-state index in [0.717, 1.165) is 55.5 Å². The summed E-state index contributed by atoms with van der Waals surface area (Å²) in [5.41, 5.74) is 3.45. The summed E-state index contributed by atoms with van der Waals surface area (Å²) in [4.78, 5) is 22.6. The normalized spacial score (nSPS) is 10.3. The van der Waals surface area contributed by atoms with E-state index < -0.39 is 0 Å². The smallest absolute Gasteiger partial charge is 0.250 e. The van der Waals surface area contributed by atoms with Crippen molar-refractivity contribution in [1.29, 1.82) is 0 Å². The zero-order chi connectivity index (χ0) is 22.9. The Morgan fingerprint density at radius 2 is 1.64 bits per heavy atom. The number of aryl methyl sites for hydroxylation is 2. The average Bonchev–Trinajstić information content (AvgIpc) is 2.85. The summed E-state index contributed by atoms with van der Waals surface area (Å²) in [5.74, 6) is 0.832. The molecule has 3 aromatic heterocycles. The largest absolute Gasteiger partial charge is 0.494 e. The van der Waals surface area contributed by atoms with E-state index >= 15 is 0 Å². The molecule has 194 valence electrons. The van der Waals surface area contributed by atoms with Gasteiger partial charge in [0.05, 0.1) is 12.1 Å². The Bertz CT molecular complexity index is 1220. The standard InChI is InChI=1S/C27H30N4O2.3ClH/c1-30-26-9-8-25(19-24(26)7-10-27(30)32)33-18-4-17-31(21-23-11-14-28-15-12-23)16-3-6-22-5-2-13-29-20-22;;;/h2,5,7-15,19-20H,3-4,6,16-18,21H2,1H3;3*1H. The molecule has 4 aromatic rings. The first-order chi connectivity index (χ1) is 16.2. The highest BCUT2D eigenvalue weighted by atomic mass is 35.5. The first-order valence-electron chi connectivity index (χ1n) is 11.4. The number of fused-ring (bicyclic) bond motifs is 1. The van der Waals surface area contributed by atoms with E-state index in [1.165, 1.54) is 11.1 Å². The fraction of sp³-hybridized carbons (Fsp3) is 0.296. The highest BCUT2D eigenvalue weighted by Gasteiger charge is 2.08. The van der Waals surface area contributed by atoms with Gasteiger partial charge in [-0.15, -0.1) is 37.2 Å². The molecule has 0 bridgehead atoms. The van der Waals surface area contributed by atoms with Gasteiger partial charge in [0.1, 0.15) is 5.75 Å². The van der Waals surface area contributed by atoms with E-state index in [-0.39, 0.29) is 42.8 Å². The first kappa shape index (κ1) is 31.4. The molecule has 9 heteroatoms. The second kappa shape index (κ2) is 16.2. The molecule has 0 N–H and O–H groups in total. The van der Waals surface area contributed by atoms with E-state index in [2.05, 4.69) is 33.1 Å². The molecule has 0 saturated carbocycles. The number of hydrogen-bond donors (Lipinski definition) is 0. The zero-order valence-corrected chi connectivity index (χ0v) is 22.7. The van der Waals surface area contributed by atoms with Gasteiger partial charge in [0.15, 0.2) is 0 Å². The number of nitrogens with zero attached hydrogens (tertiary/aromatic N) is 4. The summed E-state index contributed by atoms with van der Waals surface area (Å²) in [5, 5.41) is 1.00. The topological polar surface area (TPSA) is 60.2 Å². The number of rotatable bonds is 11. The van der Waals surface area contributed by atoms with Crippen LogP contribution in [0.25, 0.3) is 10.9 Å². The number of aromatic nitrogens is 3. The maximum absolute atomic E-state index is 11.8. The molecule has 0 amide bonds. The van der Waals surface area contributed by atoms with Gasteiger partial charge in [-0.3, -0.25) is 19.7 Å². The molecule has 0 atom stereocenters. The van der Waals surface area contributed by atoms with E-state index in [9.17, 15) is 4.79 Å². The number of halogens is 3. The van der Waals surface area contributed by atoms with Crippen LogP contribution in [0.5, 0.6) is 5.75 Å². The van der Waals surface area contributed by atoms with Crippen LogP contribution in [0.1, 0.15) is 24.0 Å². The van der Waals surface area contributed by atoms with Crippen molar-refractivity contribution in [3.05, 3.63) is 101 Å². The molecule has 0 fully saturated rings. The van der Waals surface area contributed by atoms with Crippen molar-refractivity contribution in [2.24, 2.45) is 7.05 Å². The lowest BCUT2D eigenvalue weighted by Gasteiger charge is -2.22. The average molecular weight is 552 g/mol. The Morgan fingerprint density at radius 1 is 0.861 bits per heavy atom. The minimum absolute atomic E-state index is 0. The molecule has 4 rings (SSSR count). The number of benzene rings is 1. The Hall–Kier alpha value is -2.64. The summed E-state index contributed by atoms with van der Waals surface area (Å²) in [7, 11) is 1.79. The van der Waals surface area contributed by atoms with Gasteiger partial charge in [-0.25, -0.2) is 0 Å². The second-order valence-corrected chi connectivity index (χ2v) is 8.25. The molecule has 36 heavy (non-hydrogen) atoms. The van der Waals surface area contributed by atoms with Crippen LogP contribution in [-0.2, 0) is 20.0 Å². The van der Waals surface area contributed by atoms with Gasteiger partial charge in [-0.2, -0.15) is 0 Å². The third-order valence-corrected chi connectivity index (χ3v) is 5.80. The minimum atomic E-state index is -0.00557. The molecular weight excluding hydrogens is 519 g/mol. The zero-order valence-electron chi connectivity index (χ0n) is 20.3. The number of hydrogen-bond acceptors (Lipinski definition) is 5. The van der Waals surface area contributed by atoms with Gasteiger partial charge < -0.3 is 9.30 Å². The van der Waals surface area contributed by atoms with Crippen LogP contribution in [0.15, 0.2) is 84.2 Å². The summed E-state index contributed by atoms with van der Waals surface area (Å²) in [6.07, 6.45) is 10.5. The molecule has 0 spiro atoms. The highest BCUT2D eigenvalue weighted by molar-refractivity contribution is 5.86. The van der Waals surface area contributed by atoms with Gasteiger partial charge >= 0.3 is 0 Å². The van der Waals surface area contributed by atoms with E-state index in [0.29, 0.717) is 6.61 Å². The van der Waals surface area contributed by atoms with Crippen molar-refractivity contribution in [1.82, 2.24) is 19.4 Å². The molecule has 0 aliphatic rings. The third-order valence-electron chi connectivity index (χ3n) is 5.80. The summed E-state index contributed by atoms with van der Waals surface area (Å²) in [6.45, 7) is 3.52. The lowest BCUT2D eigenvalue weighted by molar-refractivity contribution is 0.226. The van der Waals surface area contributed by atoms with Gasteiger partial charge in [0.25, 0.3) is 5.56 Å².